The van der Waals surface area contributed by atoms with Crippen molar-refractivity contribution in [3.05, 3.63) is 35.4 Å². The van der Waals surface area contributed by atoms with Crippen LogP contribution in [0.2, 0.25) is 0 Å². The van der Waals surface area contributed by atoms with Crippen LogP contribution >= 0.6 is 0 Å². The zero-order chi connectivity index (χ0) is 23.4. The lowest BCUT2D eigenvalue weighted by Gasteiger charge is -2.18. The fourth-order valence-corrected chi connectivity index (χ4v) is 3.18. The van der Waals surface area contributed by atoms with Gasteiger partial charge in [0.05, 0.1) is 0 Å². The minimum Gasteiger partial charge on any atom is -0.459 e. The van der Waals surface area contributed by atoms with E-state index in [0.717, 1.165) is 25.0 Å². The zero-order valence-electron chi connectivity index (χ0n) is 21.0. The number of hydrogen-bond donors (Lipinski definition) is 1. The number of nitrogens with zero attached hydrogens (tertiary/aromatic N) is 1. The van der Waals surface area contributed by atoms with Gasteiger partial charge in [-0.1, -0.05) is 72.8 Å². The van der Waals surface area contributed by atoms with Crippen molar-refractivity contribution < 1.29 is 14.6 Å². The molecule has 2 rings (SSSR count). The Balaban J connectivity index is 0.00000107. The number of aliphatic imine (C=N–C) groups is 1. The first kappa shape index (κ1) is 27.4. The van der Waals surface area contributed by atoms with Gasteiger partial charge in [0, 0.05) is 24.5 Å². The second-order valence-electron chi connectivity index (χ2n) is 9.95. The highest BCUT2D eigenvalue weighted by Gasteiger charge is 2.28. The summed E-state index contributed by atoms with van der Waals surface area (Å²) >= 11 is 0. The molecule has 0 aromatic rings. The summed E-state index contributed by atoms with van der Waals surface area (Å²) < 4.78 is 5.90. The standard InChI is InChI=1S/C23H37NO3.C4H8/c1-8-18(20(26)13-11-10-12-17(15-25)16(3)4)24-19-14-22(23(5,6)7)27-21(19)9-2;1-2-4-3-1/h8-9,14,16-17,25H,10-13,15H2,1-7H3;1-4H2/b18-8-,21-9+,24-19-;. The van der Waals surface area contributed by atoms with E-state index in [1.165, 1.54) is 25.7 Å². The molecular formula is C27H45NO3. The lowest BCUT2D eigenvalue weighted by molar-refractivity contribution is -0.115. The number of aliphatic hydroxyl groups is 1. The van der Waals surface area contributed by atoms with Gasteiger partial charge in [-0.3, -0.25) is 4.79 Å². The third-order valence-corrected chi connectivity index (χ3v) is 5.95. The molecule has 31 heavy (non-hydrogen) atoms. The summed E-state index contributed by atoms with van der Waals surface area (Å²) in [7, 11) is 0. The van der Waals surface area contributed by atoms with Gasteiger partial charge in [0.15, 0.2) is 5.78 Å². The summed E-state index contributed by atoms with van der Waals surface area (Å²) in [4.78, 5) is 17.2. The van der Waals surface area contributed by atoms with E-state index in [2.05, 4.69) is 39.6 Å². The lowest BCUT2D eigenvalue weighted by atomic mass is 9.91. The van der Waals surface area contributed by atoms with Crippen molar-refractivity contribution >= 4 is 11.5 Å². The predicted molar refractivity (Wildman–Crippen MR) is 131 cm³/mol. The van der Waals surface area contributed by atoms with E-state index >= 15 is 0 Å². The van der Waals surface area contributed by atoms with Crippen molar-refractivity contribution in [3.8, 4) is 0 Å². The first-order chi connectivity index (χ1) is 14.6. The van der Waals surface area contributed by atoms with Crippen molar-refractivity contribution in [3.63, 3.8) is 0 Å². The van der Waals surface area contributed by atoms with E-state index < -0.39 is 0 Å². The Bertz CT molecular complexity index is 682. The molecule has 1 saturated carbocycles. The fourth-order valence-electron chi connectivity index (χ4n) is 3.18. The maximum absolute atomic E-state index is 12.6. The number of allylic oxidation sites excluding steroid dienone is 5. The highest BCUT2D eigenvalue weighted by Crippen LogP contribution is 2.33. The van der Waals surface area contributed by atoms with E-state index in [1.807, 2.05) is 26.0 Å². The minimum atomic E-state index is -0.106. The van der Waals surface area contributed by atoms with Crippen molar-refractivity contribution in [1.82, 2.24) is 0 Å². The molecule has 0 radical (unpaired) electrons. The summed E-state index contributed by atoms with van der Waals surface area (Å²) in [5, 5.41) is 9.40. The van der Waals surface area contributed by atoms with Gasteiger partial charge in [-0.05, 0) is 44.6 Å². The van der Waals surface area contributed by atoms with Gasteiger partial charge in [0.2, 0.25) is 0 Å². The average molecular weight is 432 g/mol. The quantitative estimate of drug-likeness (QED) is 0.311. The molecule has 2 aliphatic rings. The largest absolute Gasteiger partial charge is 0.459 e. The first-order valence-corrected chi connectivity index (χ1v) is 12.1. The summed E-state index contributed by atoms with van der Waals surface area (Å²) in [5.41, 5.74) is 1.09. The van der Waals surface area contributed by atoms with E-state index in [-0.39, 0.29) is 17.8 Å². The Morgan fingerprint density at radius 1 is 1.16 bits per heavy atom. The second kappa shape index (κ2) is 13.7. The molecule has 4 nitrogen and oxygen atoms in total. The van der Waals surface area contributed by atoms with Gasteiger partial charge in [0.1, 0.15) is 22.9 Å². The zero-order valence-corrected chi connectivity index (χ0v) is 21.0. The van der Waals surface area contributed by atoms with Crippen LogP contribution in [0.3, 0.4) is 0 Å². The number of ketones is 1. The smallest absolute Gasteiger partial charge is 0.180 e. The van der Waals surface area contributed by atoms with Gasteiger partial charge in [-0.25, -0.2) is 4.99 Å². The Labute approximate surface area is 190 Å². The lowest BCUT2D eigenvalue weighted by Crippen LogP contribution is -2.13. The Kier molecular flexibility index (Phi) is 12.1. The van der Waals surface area contributed by atoms with Crippen LogP contribution in [0.5, 0.6) is 0 Å². The van der Waals surface area contributed by atoms with Crippen LogP contribution in [-0.2, 0) is 9.53 Å². The number of carbonyl (C=O) groups excluding carboxylic acids is 1. The maximum Gasteiger partial charge on any atom is 0.180 e. The van der Waals surface area contributed by atoms with Crippen molar-refractivity contribution in [1.29, 1.82) is 0 Å². The van der Waals surface area contributed by atoms with Crippen LogP contribution in [-0.4, -0.2) is 23.2 Å². The summed E-state index contributed by atoms with van der Waals surface area (Å²) in [6.07, 6.45) is 14.8. The minimum absolute atomic E-state index is 0.0585. The van der Waals surface area contributed by atoms with E-state index in [0.29, 0.717) is 35.4 Å². The number of unbranched alkanes of at least 4 members (excludes halogenated alkanes) is 1. The molecule has 1 heterocycles. The molecular weight excluding hydrogens is 386 g/mol. The van der Waals surface area contributed by atoms with Crippen LogP contribution in [0.25, 0.3) is 0 Å². The molecule has 1 fully saturated rings. The first-order valence-electron chi connectivity index (χ1n) is 12.1. The van der Waals surface area contributed by atoms with Crippen LogP contribution < -0.4 is 0 Å². The third-order valence-electron chi connectivity index (χ3n) is 5.95. The van der Waals surface area contributed by atoms with Crippen LogP contribution in [0, 0.1) is 17.3 Å². The summed E-state index contributed by atoms with van der Waals surface area (Å²) in [5.74, 6) is 2.41. The Hall–Kier alpha value is -1.68. The van der Waals surface area contributed by atoms with Gasteiger partial charge in [0.25, 0.3) is 0 Å². The van der Waals surface area contributed by atoms with Crippen molar-refractivity contribution in [2.24, 2.45) is 22.2 Å². The molecule has 1 aliphatic carbocycles. The Morgan fingerprint density at radius 3 is 2.19 bits per heavy atom. The monoisotopic (exact) mass is 431 g/mol. The van der Waals surface area contributed by atoms with Gasteiger partial charge in [-0.2, -0.15) is 0 Å². The number of aliphatic hydroxyl groups excluding tert-OH is 1. The maximum atomic E-state index is 12.6. The van der Waals surface area contributed by atoms with Crippen LogP contribution in [0.4, 0.5) is 0 Å². The van der Waals surface area contributed by atoms with Gasteiger partial charge in [-0.15, -0.1) is 0 Å². The molecule has 1 N–H and O–H groups in total. The molecule has 0 aromatic carbocycles. The average Bonchev–Trinajstić information content (AvgIpc) is 3.07. The molecule has 0 saturated heterocycles. The van der Waals surface area contributed by atoms with E-state index in [4.69, 9.17) is 4.74 Å². The second-order valence-corrected chi connectivity index (χ2v) is 9.95. The number of hydrogen-bond acceptors (Lipinski definition) is 4. The molecule has 1 unspecified atom stereocenters. The summed E-state index contributed by atoms with van der Waals surface area (Å²) in [6.45, 7) is 14.5. The highest BCUT2D eigenvalue weighted by molar-refractivity contribution is 6.11. The fraction of sp³-hybridized carbons (Fsp3) is 0.704. The molecule has 0 bridgehead atoms. The van der Waals surface area contributed by atoms with Crippen LogP contribution in [0.15, 0.2) is 40.4 Å². The molecule has 0 amide bonds. The van der Waals surface area contributed by atoms with Crippen molar-refractivity contribution in [2.45, 2.75) is 99.8 Å². The Morgan fingerprint density at radius 2 is 1.77 bits per heavy atom. The van der Waals surface area contributed by atoms with E-state index in [9.17, 15) is 9.90 Å². The molecule has 4 heteroatoms. The normalized spacial score (nSPS) is 20.2. The number of carbonyl (C=O) groups is 1. The molecule has 1 aliphatic heterocycles. The number of rotatable bonds is 9. The molecule has 0 spiro atoms. The topological polar surface area (TPSA) is 58.9 Å². The number of ether oxygens (including phenoxy) is 1. The molecule has 176 valence electrons. The van der Waals surface area contributed by atoms with Gasteiger partial charge >= 0.3 is 0 Å². The molecule has 1 atom stereocenters. The van der Waals surface area contributed by atoms with Gasteiger partial charge < -0.3 is 9.84 Å². The summed E-state index contributed by atoms with van der Waals surface area (Å²) in [6, 6.07) is 0. The predicted octanol–water partition coefficient (Wildman–Crippen LogP) is 7.15. The molecule has 0 aromatic heterocycles. The SMILES string of the molecule is C1CCC1.C\C=C(/N=C1/C=C(C(C)(C)C)O/C1=C/C)C(=O)CCCCC(CO)C(C)C. The number of Topliss-reactive ketones (excluding diaryl/α,β-unsaturated/α-hetero) is 1. The van der Waals surface area contributed by atoms with Crippen molar-refractivity contribution in [2.75, 3.05) is 6.61 Å². The highest BCUT2D eigenvalue weighted by atomic mass is 16.5. The van der Waals surface area contributed by atoms with E-state index in [1.54, 1.807) is 6.08 Å². The third kappa shape index (κ3) is 9.55. The van der Waals surface area contributed by atoms with Crippen LogP contribution in [0.1, 0.15) is 99.8 Å².